The standard InChI is InChI=1S/C16H17ClN4O/c1-9-12(10(2)22-21-9)6-15-19-8-16(20-15)7-18-14-4-3-11(17)5-13(14)16/h3-5,7,15,19-20H,6,8H2,1-2H3/t15-,16?/m1/s1. The molecule has 3 heterocycles. The van der Waals surface area contributed by atoms with Gasteiger partial charge in [0.05, 0.1) is 23.1 Å². The molecule has 2 aliphatic rings. The SMILES string of the molecule is Cc1noc(C)c1C[C@@H]1NCC2(C=Nc3ccc(Cl)cc32)N1. The Morgan fingerprint density at radius 3 is 3.05 bits per heavy atom. The van der Waals surface area contributed by atoms with Crippen LogP contribution in [0.5, 0.6) is 0 Å². The number of aromatic nitrogens is 1. The first-order chi connectivity index (χ1) is 10.6. The van der Waals surface area contributed by atoms with E-state index in [9.17, 15) is 0 Å². The van der Waals surface area contributed by atoms with E-state index in [0.29, 0.717) is 0 Å². The number of aliphatic imine (C=N–C) groups is 1. The molecule has 22 heavy (non-hydrogen) atoms. The molecule has 1 aromatic carbocycles. The summed E-state index contributed by atoms with van der Waals surface area (Å²) in [5, 5.41) is 11.9. The molecule has 1 saturated heterocycles. The molecule has 1 spiro atoms. The van der Waals surface area contributed by atoms with Crippen molar-refractivity contribution in [3.8, 4) is 0 Å². The third kappa shape index (κ3) is 2.08. The second-order valence-electron chi connectivity index (χ2n) is 5.98. The summed E-state index contributed by atoms with van der Waals surface area (Å²) in [6, 6.07) is 5.84. The van der Waals surface area contributed by atoms with E-state index < -0.39 is 0 Å². The van der Waals surface area contributed by atoms with Gasteiger partial charge in [0.2, 0.25) is 0 Å². The van der Waals surface area contributed by atoms with Gasteiger partial charge < -0.3 is 4.52 Å². The van der Waals surface area contributed by atoms with Gasteiger partial charge in [-0.3, -0.25) is 15.6 Å². The van der Waals surface area contributed by atoms with Gasteiger partial charge in [-0.1, -0.05) is 16.8 Å². The molecule has 0 aliphatic carbocycles. The predicted octanol–water partition coefficient (Wildman–Crippen LogP) is 2.62. The van der Waals surface area contributed by atoms with Crippen molar-refractivity contribution < 1.29 is 4.52 Å². The number of benzene rings is 1. The van der Waals surface area contributed by atoms with Crippen LogP contribution < -0.4 is 10.6 Å². The van der Waals surface area contributed by atoms with Crippen molar-refractivity contribution in [3.05, 3.63) is 45.8 Å². The van der Waals surface area contributed by atoms with Crippen LogP contribution in [0.4, 0.5) is 5.69 Å². The van der Waals surface area contributed by atoms with Crippen molar-refractivity contribution in [2.75, 3.05) is 6.54 Å². The van der Waals surface area contributed by atoms with Gasteiger partial charge >= 0.3 is 0 Å². The summed E-state index contributed by atoms with van der Waals surface area (Å²) in [6.07, 6.45) is 2.95. The van der Waals surface area contributed by atoms with Gasteiger partial charge in [-0.15, -0.1) is 0 Å². The molecule has 5 nitrogen and oxygen atoms in total. The van der Waals surface area contributed by atoms with Crippen LogP contribution >= 0.6 is 11.6 Å². The number of nitrogens with zero attached hydrogens (tertiary/aromatic N) is 2. The summed E-state index contributed by atoms with van der Waals surface area (Å²) in [5.74, 6) is 0.880. The summed E-state index contributed by atoms with van der Waals surface area (Å²) < 4.78 is 5.25. The smallest absolute Gasteiger partial charge is 0.137 e. The minimum Gasteiger partial charge on any atom is -0.361 e. The number of aryl methyl sites for hydroxylation is 2. The Balaban J connectivity index is 1.59. The van der Waals surface area contributed by atoms with Gasteiger partial charge in [-0.2, -0.15) is 0 Å². The van der Waals surface area contributed by atoms with E-state index >= 15 is 0 Å². The first kappa shape index (κ1) is 13.9. The Morgan fingerprint density at radius 2 is 2.27 bits per heavy atom. The highest BCUT2D eigenvalue weighted by Gasteiger charge is 2.43. The number of nitrogens with one attached hydrogen (secondary N) is 2. The van der Waals surface area contributed by atoms with Crippen LogP contribution in [0.1, 0.15) is 22.6 Å². The normalized spacial score (nSPS) is 26.0. The first-order valence-corrected chi connectivity index (χ1v) is 7.73. The largest absolute Gasteiger partial charge is 0.361 e. The molecule has 2 aromatic rings. The quantitative estimate of drug-likeness (QED) is 0.894. The van der Waals surface area contributed by atoms with Crippen molar-refractivity contribution in [2.24, 2.45) is 4.99 Å². The fourth-order valence-electron chi connectivity index (χ4n) is 3.30. The van der Waals surface area contributed by atoms with Crippen LogP contribution in [0.2, 0.25) is 5.02 Å². The van der Waals surface area contributed by atoms with Crippen molar-refractivity contribution in [1.29, 1.82) is 0 Å². The van der Waals surface area contributed by atoms with E-state index in [1.807, 2.05) is 38.3 Å². The minimum absolute atomic E-state index is 0.146. The van der Waals surface area contributed by atoms with Crippen LogP contribution in [0, 0.1) is 13.8 Å². The average molecular weight is 317 g/mol. The molecule has 1 aromatic heterocycles. The fourth-order valence-corrected chi connectivity index (χ4v) is 3.47. The highest BCUT2D eigenvalue weighted by molar-refractivity contribution is 6.30. The van der Waals surface area contributed by atoms with Crippen molar-refractivity contribution in [2.45, 2.75) is 32.0 Å². The first-order valence-electron chi connectivity index (χ1n) is 7.35. The lowest BCUT2D eigenvalue weighted by Gasteiger charge is -2.22. The minimum atomic E-state index is -0.274. The van der Waals surface area contributed by atoms with Gasteiger partial charge in [0.1, 0.15) is 5.76 Å². The Morgan fingerprint density at radius 1 is 1.41 bits per heavy atom. The maximum absolute atomic E-state index is 6.15. The highest BCUT2D eigenvalue weighted by atomic mass is 35.5. The molecule has 2 aliphatic heterocycles. The van der Waals surface area contributed by atoms with Gasteiger partial charge in [-0.05, 0) is 32.0 Å². The van der Waals surface area contributed by atoms with Crippen LogP contribution in [0.3, 0.4) is 0 Å². The second kappa shape index (κ2) is 4.91. The van der Waals surface area contributed by atoms with Gasteiger partial charge in [-0.25, -0.2) is 0 Å². The van der Waals surface area contributed by atoms with Crippen LogP contribution in [0.15, 0.2) is 27.7 Å². The maximum atomic E-state index is 6.15. The Bertz CT molecular complexity index is 750. The summed E-state index contributed by atoms with van der Waals surface area (Å²) in [4.78, 5) is 4.53. The number of rotatable bonds is 2. The molecule has 0 radical (unpaired) electrons. The van der Waals surface area contributed by atoms with E-state index in [-0.39, 0.29) is 11.7 Å². The van der Waals surface area contributed by atoms with Gasteiger partial charge in [0, 0.05) is 35.3 Å². The van der Waals surface area contributed by atoms with E-state index in [4.69, 9.17) is 16.1 Å². The molecule has 6 heteroatoms. The highest BCUT2D eigenvalue weighted by Crippen LogP contribution is 2.38. The lowest BCUT2D eigenvalue weighted by Crippen LogP contribution is -2.43. The molecule has 1 fully saturated rings. The maximum Gasteiger partial charge on any atom is 0.137 e. The zero-order valence-corrected chi connectivity index (χ0v) is 13.2. The third-order valence-electron chi connectivity index (χ3n) is 4.51. The van der Waals surface area contributed by atoms with Crippen LogP contribution in [-0.2, 0) is 12.0 Å². The van der Waals surface area contributed by atoms with Crippen molar-refractivity contribution in [1.82, 2.24) is 15.8 Å². The Kier molecular flexibility index (Phi) is 3.11. The number of hydrogen-bond donors (Lipinski definition) is 2. The number of fused-ring (bicyclic) bond motifs is 2. The monoisotopic (exact) mass is 316 g/mol. The number of hydrogen-bond acceptors (Lipinski definition) is 5. The van der Waals surface area contributed by atoms with E-state index in [1.165, 1.54) is 0 Å². The number of halogens is 1. The molecular formula is C16H17ClN4O. The van der Waals surface area contributed by atoms with E-state index in [2.05, 4.69) is 20.8 Å². The fraction of sp³-hybridized carbons (Fsp3) is 0.375. The predicted molar refractivity (Wildman–Crippen MR) is 85.9 cm³/mol. The molecule has 2 atom stereocenters. The molecule has 0 saturated carbocycles. The molecule has 0 amide bonds. The molecule has 114 valence electrons. The third-order valence-corrected chi connectivity index (χ3v) is 4.75. The average Bonchev–Trinajstić information content (AvgIpc) is 3.16. The zero-order chi connectivity index (χ0) is 15.3. The topological polar surface area (TPSA) is 62.5 Å². The molecular weight excluding hydrogens is 300 g/mol. The van der Waals surface area contributed by atoms with Gasteiger partial charge in [0.15, 0.2) is 0 Å². The van der Waals surface area contributed by atoms with E-state index in [1.54, 1.807) is 0 Å². The summed E-state index contributed by atoms with van der Waals surface area (Å²) in [6.45, 7) is 4.71. The molecule has 0 bridgehead atoms. The zero-order valence-electron chi connectivity index (χ0n) is 12.5. The lowest BCUT2D eigenvalue weighted by molar-refractivity contribution is 0.391. The summed E-state index contributed by atoms with van der Waals surface area (Å²) in [7, 11) is 0. The summed E-state index contributed by atoms with van der Waals surface area (Å²) in [5.41, 5.74) is 3.95. The van der Waals surface area contributed by atoms with Crippen LogP contribution in [-0.4, -0.2) is 24.1 Å². The Hall–Kier alpha value is -1.69. The molecule has 4 rings (SSSR count). The van der Waals surface area contributed by atoms with Crippen molar-refractivity contribution in [3.63, 3.8) is 0 Å². The Labute approximate surface area is 133 Å². The lowest BCUT2D eigenvalue weighted by atomic mass is 9.93. The van der Waals surface area contributed by atoms with Crippen LogP contribution in [0.25, 0.3) is 0 Å². The van der Waals surface area contributed by atoms with E-state index in [0.717, 1.165) is 46.3 Å². The van der Waals surface area contributed by atoms with Crippen molar-refractivity contribution >= 4 is 23.5 Å². The second-order valence-corrected chi connectivity index (χ2v) is 6.41. The summed E-state index contributed by atoms with van der Waals surface area (Å²) >= 11 is 6.15. The molecule has 2 N–H and O–H groups in total. The van der Waals surface area contributed by atoms with Gasteiger partial charge in [0.25, 0.3) is 0 Å². The molecule has 1 unspecified atom stereocenters.